The molecule has 1 amide bonds. The molecule has 1 aromatic heterocycles. The minimum absolute atomic E-state index is 0.174. The zero-order valence-electron chi connectivity index (χ0n) is 12.2. The molecule has 0 aliphatic carbocycles. The van der Waals surface area contributed by atoms with Crippen LogP contribution in [0.25, 0.3) is 0 Å². The van der Waals surface area contributed by atoms with E-state index < -0.39 is 16.4 Å². The standard InChI is InChI=1S/C13H11ClF2N4O4/c1-8-6-11(20(22)23)18-19(8)7-12(21)17-9-2-4-10(5-3-9)24-13(14,15)16/h2-6H,7H2,1H3,(H,17,21). The van der Waals surface area contributed by atoms with Gasteiger partial charge in [-0.25, -0.2) is 0 Å². The molecule has 0 unspecified atom stereocenters. The lowest BCUT2D eigenvalue weighted by Gasteiger charge is -2.11. The van der Waals surface area contributed by atoms with Crippen LogP contribution in [0.2, 0.25) is 0 Å². The number of nitrogens with zero attached hydrogens (tertiary/aromatic N) is 3. The normalized spacial score (nSPS) is 11.2. The Labute approximate surface area is 139 Å². The third-order valence-corrected chi connectivity index (χ3v) is 2.90. The number of ether oxygens (including phenoxy) is 1. The van der Waals surface area contributed by atoms with Crippen LogP contribution in [0.5, 0.6) is 5.75 Å². The van der Waals surface area contributed by atoms with Crippen molar-refractivity contribution in [3.8, 4) is 5.75 Å². The van der Waals surface area contributed by atoms with Gasteiger partial charge in [-0.2, -0.15) is 4.68 Å². The van der Waals surface area contributed by atoms with Gasteiger partial charge in [0.2, 0.25) is 5.91 Å². The van der Waals surface area contributed by atoms with E-state index in [1.54, 1.807) is 6.92 Å². The predicted molar refractivity (Wildman–Crippen MR) is 80.1 cm³/mol. The Morgan fingerprint density at radius 1 is 1.46 bits per heavy atom. The van der Waals surface area contributed by atoms with Gasteiger partial charge in [0.25, 0.3) is 0 Å². The fourth-order valence-corrected chi connectivity index (χ4v) is 1.91. The molecule has 0 spiro atoms. The maximum Gasteiger partial charge on any atom is 0.487 e. The summed E-state index contributed by atoms with van der Waals surface area (Å²) in [5.74, 6) is -1.03. The van der Waals surface area contributed by atoms with Crippen molar-refractivity contribution in [1.82, 2.24) is 9.78 Å². The first-order chi connectivity index (χ1) is 11.1. The van der Waals surface area contributed by atoms with Gasteiger partial charge < -0.3 is 20.2 Å². The van der Waals surface area contributed by atoms with Crippen molar-refractivity contribution in [2.75, 3.05) is 5.32 Å². The number of carbonyl (C=O) groups is 1. The highest BCUT2D eigenvalue weighted by molar-refractivity contribution is 6.20. The second-order valence-corrected chi connectivity index (χ2v) is 5.12. The minimum Gasteiger partial charge on any atom is -0.420 e. The van der Waals surface area contributed by atoms with Crippen LogP contribution < -0.4 is 10.1 Å². The van der Waals surface area contributed by atoms with Crippen molar-refractivity contribution < 1.29 is 23.2 Å². The molecule has 128 valence electrons. The molecule has 0 saturated heterocycles. The molecule has 0 aliphatic rings. The number of hydrogen-bond donors (Lipinski definition) is 1. The fraction of sp³-hybridized carbons (Fsp3) is 0.231. The molecule has 1 aromatic carbocycles. The van der Waals surface area contributed by atoms with Gasteiger partial charge in [-0.15, -0.1) is 8.78 Å². The largest absolute Gasteiger partial charge is 0.487 e. The SMILES string of the molecule is Cc1cc([N+](=O)[O-])nn1CC(=O)Nc1ccc(OC(F)(F)Cl)cc1. The Kier molecular flexibility index (Phi) is 4.98. The molecule has 0 saturated carbocycles. The first kappa shape index (κ1) is 17.6. The molecule has 0 radical (unpaired) electrons. The molecule has 0 fully saturated rings. The van der Waals surface area contributed by atoms with Crippen molar-refractivity contribution in [2.45, 2.75) is 19.0 Å². The molecular weight excluding hydrogens is 350 g/mol. The molecule has 8 nitrogen and oxygen atoms in total. The maximum absolute atomic E-state index is 12.5. The molecule has 0 atom stereocenters. The molecule has 2 aromatic rings. The van der Waals surface area contributed by atoms with Gasteiger partial charge in [0.05, 0.1) is 16.9 Å². The Morgan fingerprint density at radius 2 is 2.08 bits per heavy atom. The Balaban J connectivity index is 1.98. The van der Waals surface area contributed by atoms with E-state index in [0.717, 1.165) is 0 Å². The number of hydrogen-bond acceptors (Lipinski definition) is 5. The fourth-order valence-electron chi connectivity index (χ4n) is 1.82. The smallest absolute Gasteiger partial charge is 0.420 e. The summed E-state index contributed by atoms with van der Waals surface area (Å²) < 4.78 is 30.3. The highest BCUT2D eigenvalue weighted by atomic mass is 35.5. The number of aromatic nitrogens is 2. The number of alkyl halides is 3. The maximum atomic E-state index is 12.5. The van der Waals surface area contributed by atoms with Gasteiger partial charge in [0, 0.05) is 17.3 Å². The van der Waals surface area contributed by atoms with E-state index in [2.05, 4.69) is 26.8 Å². The summed E-state index contributed by atoms with van der Waals surface area (Å²) >= 11 is 4.64. The van der Waals surface area contributed by atoms with Crippen molar-refractivity contribution in [3.05, 3.63) is 46.1 Å². The van der Waals surface area contributed by atoms with E-state index in [1.165, 1.54) is 35.0 Å². The molecule has 24 heavy (non-hydrogen) atoms. The first-order valence-electron chi connectivity index (χ1n) is 6.48. The number of amides is 1. The Morgan fingerprint density at radius 3 is 2.58 bits per heavy atom. The third kappa shape index (κ3) is 4.88. The zero-order chi connectivity index (χ0) is 17.9. The van der Waals surface area contributed by atoms with Crippen LogP contribution in [0.1, 0.15) is 5.69 Å². The van der Waals surface area contributed by atoms with Crippen LogP contribution in [-0.4, -0.2) is 26.2 Å². The predicted octanol–water partition coefficient (Wildman–Crippen LogP) is 2.91. The monoisotopic (exact) mass is 360 g/mol. The van der Waals surface area contributed by atoms with Crippen molar-refractivity contribution >= 4 is 29.0 Å². The van der Waals surface area contributed by atoms with Crippen LogP contribution in [-0.2, 0) is 11.3 Å². The quantitative estimate of drug-likeness (QED) is 0.485. The van der Waals surface area contributed by atoms with Crippen LogP contribution in [0.4, 0.5) is 20.3 Å². The second-order valence-electron chi connectivity index (χ2n) is 4.68. The molecule has 0 aliphatic heterocycles. The van der Waals surface area contributed by atoms with E-state index in [0.29, 0.717) is 11.4 Å². The van der Waals surface area contributed by atoms with E-state index in [1.807, 2.05) is 0 Å². The minimum atomic E-state index is -3.82. The summed E-state index contributed by atoms with van der Waals surface area (Å²) in [5, 5.41) is 16.8. The lowest BCUT2D eigenvalue weighted by Crippen LogP contribution is -2.20. The van der Waals surface area contributed by atoms with E-state index >= 15 is 0 Å². The summed E-state index contributed by atoms with van der Waals surface area (Å²) in [7, 11) is 0. The molecular formula is C13H11ClF2N4O4. The summed E-state index contributed by atoms with van der Waals surface area (Å²) in [4.78, 5) is 21.9. The number of rotatable bonds is 6. The number of nitrogens with one attached hydrogen (secondary N) is 1. The first-order valence-corrected chi connectivity index (χ1v) is 6.86. The highest BCUT2D eigenvalue weighted by Gasteiger charge is 2.27. The van der Waals surface area contributed by atoms with E-state index in [4.69, 9.17) is 0 Å². The average molecular weight is 361 g/mol. The molecule has 11 heteroatoms. The van der Waals surface area contributed by atoms with Crippen LogP contribution in [0.15, 0.2) is 30.3 Å². The van der Waals surface area contributed by atoms with Crippen molar-refractivity contribution in [1.29, 1.82) is 0 Å². The number of aryl methyl sites for hydroxylation is 1. The number of anilines is 1. The zero-order valence-corrected chi connectivity index (χ0v) is 13.0. The van der Waals surface area contributed by atoms with Crippen molar-refractivity contribution in [3.63, 3.8) is 0 Å². The number of carbonyl (C=O) groups excluding carboxylic acids is 1. The van der Waals surface area contributed by atoms with Crippen LogP contribution >= 0.6 is 11.6 Å². The molecule has 2 rings (SSSR count). The van der Waals surface area contributed by atoms with E-state index in [9.17, 15) is 23.7 Å². The van der Waals surface area contributed by atoms with Gasteiger partial charge in [0.1, 0.15) is 12.3 Å². The Hall–Kier alpha value is -2.75. The lowest BCUT2D eigenvalue weighted by atomic mass is 10.3. The summed E-state index contributed by atoms with van der Waals surface area (Å²) in [6, 6.07) is 6.33. The van der Waals surface area contributed by atoms with Gasteiger partial charge in [0.15, 0.2) is 0 Å². The summed E-state index contributed by atoms with van der Waals surface area (Å²) in [5.41, 5.74) is -3.05. The Bertz CT molecular complexity index is 758. The van der Waals surface area contributed by atoms with Gasteiger partial charge >= 0.3 is 11.4 Å². The summed E-state index contributed by atoms with van der Waals surface area (Å²) in [6.45, 7) is 1.34. The van der Waals surface area contributed by atoms with Gasteiger partial charge in [-0.1, -0.05) is 0 Å². The van der Waals surface area contributed by atoms with Gasteiger partial charge in [-0.05, 0) is 36.1 Å². The highest BCUT2D eigenvalue weighted by Crippen LogP contribution is 2.25. The number of benzene rings is 1. The average Bonchev–Trinajstić information content (AvgIpc) is 2.81. The second kappa shape index (κ2) is 6.79. The summed E-state index contributed by atoms with van der Waals surface area (Å²) in [6.07, 6.45) is 0. The lowest BCUT2D eigenvalue weighted by molar-refractivity contribution is -0.389. The topological polar surface area (TPSA) is 99.3 Å². The van der Waals surface area contributed by atoms with Gasteiger partial charge in [-0.3, -0.25) is 4.79 Å². The molecule has 1 heterocycles. The third-order valence-electron chi connectivity index (χ3n) is 2.82. The number of nitro groups is 1. The molecule has 0 bridgehead atoms. The van der Waals surface area contributed by atoms with Crippen molar-refractivity contribution in [2.24, 2.45) is 0 Å². The van der Waals surface area contributed by atoms with Crippen LogP contribution in [0, 0.1) is 17.0 Å². The molecule has 1 N–H and O–H groups in total. The van der Waals surface area contributed by atoms with E-state index in [-0.39, 0.29) is 18.1 Å². The number of halogens is 3. The van der Waals surface area contributed by atoms with Crippen LogP contribution in [0.3, 0.4) is 0 Å².